The second-order valence-corrected chi connectivity index (χ2v) is 6.25. The number of nitrogens with zero attached hydrogens (tertiary/aromatic N) is 1. The molecule has 1 atom stereocenters. The zero-order valence-electron chi connectivity index (χ0n) is 14.6. The molecule has 2 aromatic carbocycles. The zero-order chi connectivity index (χ0) is 18.5. The van der Waals surface area contributed by atoms with Crippen molar-refractivity contribution >= 4 is 11.8 Å². The van der Waals surface area contributed by atoms with Crippen LogP contribution in [0.15, 0.2) is 48.5 Å². The molecule has 0 saturated carbocycles. The fourth-order valence-corrected chi connectivity index (χ4v) is 3.02. The summed E-state index contributed by atoms with van der Waals surface area (Å²) in [5.41, 5.74) is 2.51. The Labute approximate surface area is 152 Å². The number of hydrogen-bond donors (Lipinski definition) is 2. The largest absolute Gasteiger partial charge is 0.491 e. The first kappa shape index (κ1) is 17.9. The summed E-state index contributed by atoms with van der Waals surface area (Å²) in [6.07, 6.45) is 0. The van der Waals surface area contributed by atoms with Crippen LogP contribution in [-0.2, 0) is 11.3 Å². The van der Waals surface area contributed by atoms with Crippen molar-refractivity contribution in [3.63, 3.8) is 0 Å². The number of aliphatic hydroxyl groups is 1. The topological polar surface area (TPSA) is 78.9 Å². The van der Waals surface area contributed by atoms with Crippen LogP contribution >= 0.6 is 0 Å². The number of amides is 2. The molecule has 0 bridgehead atoms. The number of hydrogen-bond acceptors (Lipinski definition) is 4. The Morgan fingerprint density at radius 3 is 2.85 bits per heavy atom. The van der Waals surface area contributed by atoms with E-state index in [0.717, 1.165) is 11.1 Å². The smallest absolute Gasteiger partial charge is 0.254 e. The normalized spacial score (nSPS) is 14.1. The number of ether oxygens (including phenoxy) is 1. The lowest BCUT2D eigenvalue weighted by Crippen LogP contribution is -2.38. The minimum absolute atomic E-state index is 0.0263. The molecule has 0 saturated heterocycles. The van der Waals surface area contributed by atoms with Gasteiger partial charge in [-0.25, -0.2) is 0 Å². The third kappa shape index (κ3) is 4.03. The van der Waals surface area contributed by atoms with Crippen molar-refractivity contribution in [3.8, 4) is 5.75 Å². The quantitative estimate of drug-likeness (QED) is 0.796. The molecule has 0 fully saturated rings. The molecule has 0 spiro atoms. The highest BCUT2D eigenvalue weighted by Crippen LogP contribution is 2.22. The Hall–Kier alpha value is -2.86. The molecule has 2 N–H and O–H groups in total. The molecule has 0 unspecified atom stereocenters. The van der Waals surface area contributed by atoms with Gasteiger partial charge in [-0.3, -0.25) is 9.59 Å². The van der Waals surface area contributed by atoms with Crippen LogP contribution in [0.1, 0.15) is 34.5 Å². The van der Waals surface area contributed by atoms with E-state index in [-0.39, 0.29) is 37.6 Å². The number of rotatable bonds is 7. The molecule has 0 aromatic heterocycles. The fourth-order valence-electron chi connectivity index (χ4n) is 3.02. The van der Waals surface area contributed by atoms with Crippen LogP contribution in [0.2, 0.25) is 0 Å². The standard InChI is InChI=1S/C20H22N2O4/c1-14(15-6-4-7-17(11-15)26-10-9-23)21-19(24)13-22-12-16-5-2-3-8-18(16)20(22)25/h2-8,11,14,23H,9-10,12-13H2,1H3,(H,21,24)/t14-/m1/s1. The molecule has 0 radical (unpaired) electrons. The van der Waals surface area contributed by atoms with Gasteiger partial charge in [-0.1, -0.05) is 30.3 Å². The van der Waals surface area contributed by atoms with E-state index in [1.54, 1.807) is 17.0 Å². The Morgan fingerprint density at radius 1 is 1.27 bits per heavy atom. The van der Waals surface area contributed by atoms with Gasteiger partial charge in [0, 0.05) is 12.1 Å². The van der Waals surface area contributed by atoms with Crippen molar-refractivity contribution in [2.45, 2.75) is 19.5 Å². The first-order valence-electron chi connectivity index (χ1n) is 8.58. The van der Waals surface area contributed by atoms with E-state index in [1.807, 2.05) is 43.3 Å². The lowest BCUT2D eigenvalue weighted by Gasteiger charge is -2.19. The van der Waals surface area contributed by atoms with Crippen molar-refractivity contribution in [1.29, 1.82) is 0 Å². The van der Waals surface area contributed by atoms with Crippen LogP contribution in [0.25, 0.3) is 0 Å². The maximum Gasteiger partial charge on any atom is 0.254 e. The summed E-state index contributed by atoms with van der Waals surface area (Å²) < 4.78 is 5.39. The molecule has 1 aliphatic rings. The van der Waals surface area contributed by atoms with Gasteiger partial charge in [-0.2, -0.15) is 0 Å². The van der Waals surface area contributed by atoms with Crippen LogP contribution < -0.4 is 10.1 Å². The Morgan fingerprint density at radius 2 is 2.08 bits per heavy atom. The summed E-state index contributed by atoms with van der Waals surface area (Å²) in [5, 5.41) is 11.7. The minimum atomic E-state index is -0.222. The van der Waals surface area contributed by atoms with E-state index < -0.39 is 0 Å². The first-order valence-corrected chi connectivity index (χ1v) is 8.58. The van der Waals surface area contributed by atoms with E-state index in [2.05, 4.69) is 5.32 Å². The van der Waals surface area contributed by atoms with Gasteiger partial charge in [0.05, 0.1) is 12.6 Å². The predicted molar refractivity (Wildman–Crippen MR) is 96.8 cm³/mol. The molecule has 6 heteroatoms. The third-order valence-corrected chi connectivity index (χ3v) is 4.33. The number of carbonyl (C=O) groups excluding carboxylic acids is 2. The van der Waals surface area contributed by atoms with Crippen LogP contribution in [0.4, 0.5) is 0 Å². The average Bonchev–Trinajstić information content (AvgIpc) is 2.96. The number of fused-ring (bicyclic) bond motifs is 1. The number of benzene rings is 2. The van der Waals surface area contributed by atoms with Crippen LogP contribution in [0.5, 0.6) is 5.75 Å². The van der Waals surface area contributed by atoms with Gasteiger partial charge in [-0.05, 0) is 36.2 Å². The zero-order valence-corrected chi connectivity index (χ0v) is 14.6. The Bertz CT molecular complexity index is 806. The molecule has 3 rings (SSSR count). The van der Waals surface area contributed by atoms with Crippen LogP contribution in [0.3, 0.4) is 0 Å². The molecule has 136 valence electrons. The van der Waals surface area contributed by atoms with Crippen molar-refractivity contribution in [3.05, 3.63) is 65.2 Å². The number of aliphatic hydroxyl groups excluding tert-OH is 1. The molecule has 0 aliphatic carbocycles. The van der Waals surface area contributed by atoms with E-state index in [0.29, 0.717) is 17.9 Å². The van der Waals surface area contributed by atoms with Crippen LogP contribution in [0, 0.1) is 0 Å². The summed E-state index contributed by atoms with van der Waals surface area (Å²) in [7, 11) is 0. The molecular formula is C20H22N2O4. The second kappa shape index (κ2) is 8.01. The van der Waals surface area contributed by atoms with Gasteiger partial charge in [0.2, 0.25) is 5.91 Å². The maximum atomic E-state index is 12.4. The molecule has 26 heavy (non-hydrogen) atoms. The van der Waals surface area contributed by atoms with Gasteiger partial charge in [-0.15, -0.1) is 0 Å². The monoisotopic (exact) mass is 354 g/mol. The number of carbonyl (C=O) groups is 2. The van der Waals surface area contributed by atoms with Gasteiger partial charge in [0.1, 0.15) is 18.9 Å². The van der Waals surface area contributed by atoms with Crippen molar-refractivity contribution < 1.29 is 19.4 Å². The molecule has 1 aliphatic heterocycles. The third-order valence-electron chi connectivity index (χ3n) is 4.33. The molecule has 1 heterocycles. The van der Waals surface area contributed by atoms with Gasteiger partial charge >= 0.3 is 0 Å². The highest BCUT2D eigenvalue weighted by atomic mass is 16.5. The van der Waals surface area contributed by atoms with Crippen molar-refractivity contribution in [2.24, 2.45) is 0 Å². The van der Waals surface area contributed by atoms with E-state index in [4.69, 9.17) is 9.84 Å². The predicted octanol–water partition coefficient (Wildman–Crippen LogP) is 1.89. The summed E-state index contributed by atoms with van der Waals surface area (Å²) >= 11 is 0. The molecule has 2 aromatic rings. The van der Waals surface area contributed by atoms with Crippen molar-refractivity contribution in [1.82, 2.24) is 10.2 Å². The molecule has 2 amide bonds. The van der Waals surface area contributed by atoms with E-state index in [1.165, 1.54) is 0 Å². The summed E-state index contributed by atoms with van der Waals surface area (Å²) in [6.45, 7) is 2.54. The fraction of sp³-hybridized carbons (Fsp3) is 0.300. The summed E-state index contributed by atoms with van der Waals surface area (Å²) in [4.78, 5) is 26.3. The lowest BCUT2D eigenvalue weighted by molar-refractivity contribution is -0.122. The summed E-state index contributed by atoms with van der Waals surface area (Å²) in [6, 6.07) is 14.6. The highest BCUT2D eigenvalue weighted by molar-refractivity contribution is 6.00. The van der Waals surface area contributed by atoms with Crippen molar-refractivity contribution in [2.75, 3.05) is 19.8 Å². The second-order valence-electron chi connectivity index (χ2n) is 6.25. The lowest BCUT2D eigenvalue weighted by atomic mass is 10.1. The SMILES string of the molecule is C[C@@H](NC(=O)CN1Cc2ccccc2C1=O)c1cccc(OCCO)c1. The van der Waals surface area contributed by atoms with Gasteiger partial charge < -0.3 is 20.1 Å². The number of nitrogens with one attached hydrogen (secondary N) is 1. The van der Waals surface area contributed by atoms with E-state index in [9.17, 15) is 9.59 Å². The van der Waals surface area contributed by atoms with Gasteiger partial charge in [0.25, 0.3) is 5.91 Å². The van der Waals surface area contributed by atoms with E-state index >= 15 is 0 Å². The van der Waals surface area contributed by atoms with Gasteiger partial charge in [0.15, 0.2) is 0 Å². The highest BCUT2D eigenvalue weighted by Gasteiger charge is 2.28. The Balaban J connectivity index is 1.58. The average molecular weight is 354 g/mol. The molecule has 6 nitrogen and oxygen atoms in total. The maximum absolute atomic E-state index is 12.4. The minimum Gasteiger partial charge on any atom is -0.491 e. The first-order chi connectivity index (χ1) is 12.6. The summed E-state index contributed by atoms with van der Waals surface area (Å²) in [5.74, 6) is 0.325. The Kier molecular flexibility index (Phi) is 5.53. The van der Waals surface area contributed by atoms with Crippen LogP contribution in [-0.4, -0.2) is 41.6 Å². The molecular weight excluding hydrogens is 332 g/mol.